The maximum absolute atomic E-state index is 12.0. The highest BCUT2D eigenvalue weighted by molar-refractivity contribution is 6.33. The van der Waals surface area contributed by atoms with Crippen molar-refractivity contribution >= 4 is 28.9 Å². The summed E-state index contributed by atoms with van der Waals surface area (Å²) in [6.45, 7) is 0.982. The molecule has 0 atom stereocenters. The maximum atomic E-state index is 12.0. The Bertz CT molecular complexity index is 880. The summed E-state index contributed by atoms with van der Waals surface area (Å²) in [6.07, 6.45) is 0.210. The van der Waals surface area contributed by atoms with E-state index in [2.05, 4.69) is 10.5 Å². The van der Waals surface area contributed by atoms with Crippen molar-refractivity contribution in [3.05, 3.63) is 52.0 Å². The Hall–Kier alpha value is -2.73. The number of carbonyl (C=O) groups excluding carboxylic acids is 1. The zero-order chi connectivity index (χ0) is 16.7. The van der Waals surface area contributed by atoms with Gasteiger partial charge in [-0.3, -0.25) is 4.79 Å². The second-order valence-electron chi connectivity index (χ2n) is 5.56. The minimum absolute atomic E-state index is 0.190. The molecule has 4 rings (SSSR count). The van der Waals surface area contributed by atoms with Crippen molar-refractivity contribution in [2.75, 3.05) is 18.9 Å². The van der Waals surface area contributed by atoms with E-state index in [0.29, 0.717) is 41.1 Å². The Kier molecular flexibility index (Phi) is 3.54. The van der Waals surface area contributed by atoms with Gasteiger partial charge in [0.2, 0.25) is 5.91 Å². The molecule has 0 radical (unpaired) electrons. The number of hydrazone groups is 1. The molecule has 2 aromatic carbocycles. The highest BCUT2D eigenvalue weighted by atomic mass is 35.5. The van der Waals surface area contributed by atoms with Crippen LogP contribution in [0.1, 0.15) is 16.7 Å². The Labute approximate surface area is 143 Å². The summed E-state index contributed by atoms with van der Waals surface area (Å²) in [5, 5.41) is 4.69. The number of nitrogens with one attached hydrogen (secondary N) is 1. The Morgan fingerprint density at radius 1 is 1.12 bits per heavy atom. The summed E-state index contributed by atoms with van der Waals surface area (Å²) in [7, 11) is 0. The molecule has 6 nitrogen and oxygen atoms in total. The van der Waals surface area contributed by atoms with E-state index in [0.717, 1.165) is 16.7 Å². The van der Waals surface area contributed by atoms with Gasteiger partial charge in [0.15, 0.2) is 11.5 Å². The van der Waals surface area contributed by atoms with Crippen LogP contribution in [0.4, 0.5) is 5.69 Å². The monoisotopic (exact) mass is 343 g/mol. The smallest absolute Gasteiger partial charge is 0.244 e. The predicted molar refractivity (Wildman–Crippen MR) is 90.8 cm³/mol. The number of amides is 1. The van der Waals surface area contributed by atoms with E-state index < -0.39 is 0 Å². The lowest BCUT2D eigenvalue weighted by molar-refractivity contribution is -0.120. The number of nitrogen functional groups attached to an aromatic ring is 1. The molecule has 3 N–H and O–H groups in total. The summed E-state index contributed by atoms with van der Waals surface area (Å²) in [6, 6.07) is 8.95. The van der Waals surface area contributed by atoms with Gasteiger partial charge in [0.1, 0.15) is 13.2 Å². The topological polar surface area (TPSA) is 85.9 Å². The van der Waals surface area contributed by atoms with Gasteiger partial charge >= 0.3 is 0 Å². The van der Waals surface area contributed by atoms with Gasteiger partial charge in [0, 0.05) is 11.1 Å². The zero-order valence-corrected chi connectivity index (χ0v) is 13.4. The fraction of sp³-hybridized carbons (Fsp3) is 0.176. The molecule has 0 bridgehead atoms. The first-order valence-electron chi connectivity index (χ1n) is 7.46. The van der Waals surface area contributed by atoms with E-state index in [4.69, 9.17) is 26.8 Å². The van der Waals surface area contributed by atoms with Crippen LogP contribution in [0.2, 0.25) is 5.02 Å². The van der Waals surface area contributed by atoms with Crippen LogP contribution in [0.5, 0.6) is 11.5 Å². The van der Waals surface area contributed by atoms with Gasteiger partial charge < -0.3 is 15.2 Å². The minimum atomic E-state index is -0.190. The quantitative estimate of drug-likeness (QED) is 0.777. The molecular formula is C17H14ClN3O3. The van der Waals surface area contributed by atoms with Crippen molar-refractivity contribution in [1.82, 2.24) is 5.43 Å². The average Bonchev–Trinajstić information content (AvgIpc) is 2.73. The van der Waals surface area contributed by atoms with Gasteiger partial charge in [-0.1, -0.05) is 17.7 Å². The highest BCUT2D eigenvalue weighted by Crippen LogP contribution is 2.35. The normalized spacial score (nSPS) is 15.9. The number of fused-ring (bicyclic) bond motifs is 2. The molecule has 2 aromatic rings. The van der Waals surface area contributed by atoms with Gasteiger partial charge in [-0.15, -0.1) is 0 Å². The third kappa shape index (κ3) is 2.55. The van der Waals surface area contributed by atoms with E-state index in [1.807, 2.05) is 18.2 Å². The Morgan fingerprint density at radius 3 is 2.62 bits per heavy atom. The second-order valence-corrected chi connectivity index (χ2v) is 5.97. The fourth-order valence-electron chi connectivity index (χ4n) is 2.78. The SMILES string of the molecule is Nc1ccc(C2=NNC(=O)Cc3cc4c(cc32)OCCO4)cc1Cl. The number of halogens is 1. The Morgan fingerprint density at radius 2 is 1.88 bits per heavy atom. The van der Waals surface area contributed by atoms with Gasteiger partial charge in [0.25, 0.3) is 0 Å². The summed E-state index contributed by atoms with van der Waals surface area (Å²) in [5.41, 5.74) is 11.8. The molecule has 1 amide bonds. The third-order valence-electron chi connectivity index (χ3n) is 3.94. The van der Waals surface area contributed by atoms with Crippen LogP contribution in [0, 0.1) is 0 Å². The largest absolute Gasteiger partial charge is 0.486 e. The van der Waals surface area contributed by atoms with Crippen LogP contribution in [0.15, 0.2) is 35.4 Å². The summed E-state index contributed by atoms with van der Waals surface area (Å²) in [5.74, 6) is 1.09. The number of benzene rings is 2. The second kappa shape index (κ2) is 5.72. The number of nitrogens with zero attached hydrogens (tertiary/aromatic N) is 1. The summed E-state index contributed by atoms with van der Waals surface area (Å²) in [4.78, 5) is 12.0. The van der Waals surface area contributed by atoms with Crippen molar-refractivity contribution in [3.8, 4) is 11.5 Å². The van der Waals surface area contributed by atoms with Crippen LogP contribution >= 0.6 is 11.6 Å². The first kappa shape index (κ1) is 14.8. The fourth-order valence-corrected chi connectivity index (χ4v) is 2.96. The molecule has 24 heavy (non-hydrogen) atoms. The number of nitrogens with two attached hydrogens (primary N) is 1. The van der Waals surface area contributed by atoms with Crippen LogP contribution in [0.25, 0.3) is 0 Å². The molecule has 122 valence electrons. The van der Waals surface area contributed by atoms with Gasteiger partial charge in [-0.25, -0.2) is 5.43 Å². The van der Waals surface area contributed by atoms with Crippen LogP contribution in [-0.4, -0.2) is 24.8 Å². The minimum Gasteiger partial charge on any atom is -0.486 e. The molecule has 2 heterocycles. The lowest BCUT2D eigenvalue weighted by Gasteiger charge is -2.21. The van der Waals surface area contributed by atoms with Crippen molar-refractivity contribution < 1.29 is 14.3 Å². The molecule has 0 saturated heterocycles. The number of ether oxygens (including phenoxy) is 2. The average molecular weight is 344 g/mol. The predicted octanol–water partition coefficient (Wildman–Crippen LogP) is 2.12. The van der Waals surface area contributed by atoms with Crippen LogP contribution in [0.3, 0.4) is 0 Å². The number of hydrogen-bond acceptors (Lipinski definition) is 5. The van der Waals surface area contributed by atoms with E-state index in [1.165, 1.54) is 0 Å². The molecule has 2 aliphatic rings. The van der Waals surface area contributed by atoms with E-state index in [-0.39, 0.29) is 12.3 Å². The van der Waals surface area contributed by atoms with E-state index in [9.17, 15) is 4.79 Å². The molecular weight excluding hydrogens is 330 g/mol. The number of hydrogen-bond donors (Lipinski definition) is 2. The Balaban J connectivity index is 1.89. The maximum Gasteiger partial charge on any atom is 0.244 e. The molecule has 2 aliphatic heterocycles. The van der Waals surface area contributed by atoms with Crippen molar-refractivity contribution in [2.45, 2.75) is 6.42 Å². The summed E-state index contributed by atoms with van der Waals surface area (Å²) >= 11 is 6.13. The number of anilines is 1. The van der Waals surface area contributed by atoms with E-state index >= 15 is 0 Å². The van der Waals surface area contributed by atoms with Gasteiger partial charge in [0.05, 0.1) is 22.8 Å². The molecule has 0 aliphatic carbocycles. The first-order chi connectivity index (χ1) is 11.6. The van der Waals surface area contributed by atoms with Gasteiger partial charge in [-0.2, -0.15) is 5.10 Å². The van der Waals surface area contributed by atoms with Crippen LogP contribution in [-0.2, 0) is 11.2 Å². The van der Waals surface area contributed by atoms with Crippen LogP contribution < -0.4 is 20.6 Å². The van der Waals surface area contributed by atoms with Crippen molar-refractivity contribution in [1.29, 1.82) is 0 Å². The third-order valence-corrected chi connectivity index (χ3v) is 4.27. The lowest BCUT2D eigenvalue weighted by Crippen LogP contribution is -2.18. The molecule has 0 fully saturated rings. The number of rotatable bonds is 1. The lowest BCUT2D eigenvalue weighted by atomic mass is 9.95. The molecule has 0 saturated carbocycles. The highest BCUT2D eigenvalue weighted by Gasteiger charge is 2.23. The standard InChI is InChI=1S/C17H14ClN3O3/c18-12-5-9(1-2-13(12)19)17-11-8-15-14(23-3-4-24-15)6-10(11)7-16(22)20-21-17/h1-2,5-6,8H,3-4,7,19H2,(H,20,22). The van der Waals surface area contributed by atoms with Crippen molar-refractivity contribution in [2.24, 2.45) is 5.10 Å². The first-order valence-corrected chi connectivity index (χ1v) is 7.84. The van der Waals surface area contributed by atoms with Gasteiger partial charge in [-0.05, 0) is 29.8 Å². The zero-order valence-electron chi connectivity index (χ0n) is 12.6. The van der Waals surface area contributed by atoms with Crippen molar-refractivity contribution in [3.63, 3.8) is 0 Å². The molecule has 0 unspecified atom stereocenters. The van der Waals surface area contributed by atoms with E-state index in [1.54, 1.807) is 12.1 Å². The number of carbonyl (C=O) groups is 1. The summed E-state index contributed by atoms with van der Waals surface area (Å²) < 4.78 is 11.3. The molecule has 7 heteroatoms. The molecule has 0 aromatic heterocycles. The molecule has 0 spiro atoms.